The van der Waals surface area contributed by atoms with Crippen LogP contribution in [0.4, 0.5) is 0 Å². The molecule has 0 aromatic carbocycles. The molecule has 0 rings (SSSR count). The molecule has 0 heterocycles. The van der Waals surface area contributed by atoms with Gasteiger partial charge in [-0.2, -0.15) is 0 Å². The second-order valence-corrected chi connectivity index (χ2v) is 2.50. The van der Waals surface area contributed by atoms with E-state index in [0.29, 0.717) is 18.5 Å². The van der Waals surface area contributed by atoms with Gasteiger partial charge in [0.25, 0.3) is 0 Å². The van der Waals surface area contributed by atoms with E-state index in [1.165, 1.54) is 0 Å². The number of ether oxygens (including phenoxy) is 2. The van der Waals surface area contributed by atoms with Crippen LogP contribution in [0.15, 0.2) is 0 Å². The van der Waals surface area contributed by atoms with Gasteiger partial charge < -0.3 is 9.47 Å². The van der Waals surface area contributed by atoms with Crippen molar-refractivity contribution in [3.8, 4) is 0 Å². The molecule has 0 aromatic heterocycles. The summed E-state index contributed by atoms with van der Waals surface area (Å²) < 4.78 is 9.84. The average molecular weight is 225 g/mol. The summed E-state index contributed by atoms with van der Waals surface area (Å²) in [5.74, 6) is -0.300. The number of alkyl halides is 1. The van der Waals surface area contributed by atoms with Gasteiger partial charge >= 0.3 is 5.97 Å². The Morgan fingerprint density at radius 3 is 2.45 bits per heavy atom. The molecular formula is C7H13BrO3. The molecule has 0 aliphatic rings. The maximum atomic E-state index is 11.0. The Labute approximate surface area is 75.2 Å². The number of esters is 1. The highest BCUT2D eigenvalue weighted by molar-refractivity contribution is 9.09. The first-order valence-corrected chi connectivity index (χ1v) is 4.72. The van der Waals surface area contributed by atoms with Crippen molar-refractivity contribution in [1.29, 1.82) is 0 Å². The van der Waals surface area contributed by atoms with E-state index in [2.05, 4.69) is 15.9 Å². The van der Waals surface area contributed by atoms with Gasteiger partial charge in [0.1, 0.15) is 0 Å². The highest BCUT2D eigenvalue weighted by Crippen LogP contribution is 1.99. The Hall–Kier alpha value is -0.0900. The molecule has 66 valence electrons. The maximum Gasteiger partial charge on any atom is 0.336 e. The van der Waals surface area contributed by atoms with Crippen LogP contribution in [0.5, 0.6) is 0 Å². The molecule has 11 heavy (non-hydrogen) atoms. The van der Waals surface area contributed by atoms with E-state index < -0.39 is 6.10 Å². The molecule has 0 aromatic rings. The number of hydrogen-bond acceptors (Lipinski definition) is 3. The van der Waals surface area contributed by atoms with Crippen molar-refractivity contribution in [2.75, 3.05) is 18.5 Å². The second kappa shape index (κ2) is 6.61. The van der Waals surface area contributed by atoms with Crippen LogP contribution in [0, 0.1) is 0 Å². The van der Waals surface area contributed by atoms with Crippen molar-refractivity contribution in [3.05, 3.63) is 0 Å². The first kappa shape index (κ1) is 10.9. The Balaban J connectivity index is 3.71. The van der Waals surface area contributed by atoms with E-state index in [4.69, 9.17) is 9.47 Å². The van der Waals surface area contributed by atoms with Crippen LogP contribution in [0.25, 0.3) is 0 Å². The van der Waals surface area contributed by atoms with Gasteiger partial charge in [0.05, 0.1) is 6.61 Å². The van der Waals surface area contributed by atoms with Gasteiger partial charge in [-0.25, -0.2) is 4.79 Å². The minimum atomic E-state index is -0.458. The normalized spacial score (nSPS) is 12.6. The van der Waals surface area contributed by atoms with Gasteiger partial charge in [-0.3, -0.25) is 0 Å². The van der Waals surface area contributed by atoms with Crippen LogP contribution in [0.2, 0.25) is 0 Å². The van der Waals surface area contributed by atoms with Gasteiger partial charge in [0.2, 0.25) is 0 Å². The molecule has 0 aliphatic carbocycles. The van der Waals surface area contributed by atoms with Crippen LogP contribution in [-0.2, 0) is 14.3 Å². The molecule has 1 unspecified atom stereocenters. The van der Waals surface area contributed by atoms with Crippen molar-refractivity contribution in [1.82, 2.24) is 0 Å². The average Bonchev–Trinajstić information content (AvgIpc) is 2.00. The molecule has 0 bridgehead atoms. The Morgan fingerprint density at radius 2 is 2.09 bits per heavy atom. The summed E-state index contributed by atoms with van der Waals surface area (Å²) in [6.45, 7) is 4.54. The van der Waals surface area contributed by atoms with E-state index in [-0.39, 0.29) is 5.97 Å². The molecule has 3 nitrogen and oxygen atoms in total. The Bertz CT molecular complexity index is 116. The molecule has 0 amide bonds. The number of hydrogen-bond donors (Lipinski definition) is 0. The standard InChI is InChI=1S/C7H13BrO3/c1-3-10-6(5-8)7(9)11-4-2/h6H,3-5H2,1-2H3. The summed E-state index contributed by atoms with van der Waals surface area (Å²) in [7, 11) is 0. The van der Waals surface area contributed by atoms with Crippen LogP contribution < -0.4 is 0 Å². The number of carbonyl (C=O) groups is 1. The zero-order valence-corrected chi connectivity index (χ0v) is 8.39. The van der Waals surface area contributed by atoms with Crippen molar-refractivity contribution in [2.45, 2.75) is 20.0 Å². The van der Waals surface area contributed by atoms with Crippen molar-refractivity contribution < 1.29 is 14.3 Å². The molecule has 0 saturated carbocycles. The number of halogens is 1. The van der Waals surface area contributed by atoms with Gasteiger partial charge in [0.15, 0.2) is 6.10 Å². The van der Waals surface area contributed by atoms with Gasteiger partial charge in [-0.05, 0) is 13.8 Å². The third-order valence-corrected chi connectivity index (χ3v) is 1.65. The van der Waals surface area contributed by atoms with Crippen molar-refractivity contribution in [3.63, 3.8) is 0 Å². The smallest absolute Gasteiger partial charge is 0.336 e. The Morgan fingerprint density at radius 1 is 1.45 bits per heavy atom. The second-order valence-electron chi connectivity index (χ2n) is 1.85. The molecule has 0 N–H and O–H groups in total. The van der Waals surface area contributed by atoms with E-state index in [1.807, 2.05) is 6.92 Å². The molecule has 4 heteroatoms. The molecule has 0 radical (unpaired) electrons. The largest absolute Gasteiger partial charge is 0.464 e. The third kappa shape index (κ3) is 4.37. The van der Waals surface area contributed by atoms with E-state index in [0.717, 1.165) is 0 Å². The minimum Gasteiger partial charge on any atom is -0.464 e. The molecule has 0 aliphatic heterocycles. The molecule has 0 saturated heterocycles. The van der Waals surface area contributed by atoms with E-state index >= 15 is 0 Å². The summed E-state index contributed by atoms with van der Waals surface area (Å²) in [5.41, 5.74) is 0. The van der Waals surface area contributed by atoms with E-state index in [1.54, 1.807) is 6.92 Å². The van der Waals surface area contributed by atoms with Crippen LogP contribution in [0.1, 0.15) is 13.8 Å². The van der Waals surface area contributed by atoms with Crippen LogP contribution in [0.3, 0.4) is 0 Å². The van der Waals surface area contributed by atoms with Crippen LogP contribution >= 0.6 is 15.9 Å². The predicted octanol–water partition coefficient (Wildman–Crippen LogP) is 1.35. The summed E-state index contributed by atoms with van der Waals surface area (Å²) in [6.07, 6.45) is -0.458. The third-order valence-electron chi connectivity index (χ3n) is 1.06. The number of rotatable bonds is 5. The lowest BCUT2D eigenvalue weighted by Crippen LogP contribution is -2.28. The first-order valence-electron chi connectivity index (χ1n) is 3.60. The quantitative estimate of drug-likeness (QED) is 0.523. The fourth-order valence-electron chi connectivity index (χ4n) is 0.612. The summed E-state index contributed by atoms with van der Waals surface area (Å²) in [5, 5.41) is 0.486. The highest BCUT2D eigenvalue weighted by atomic mass is 79.9. The summed E-state index contributed by atoms with van der Waals surface area (Å²) in [4.78, 5) is 11.0. The monoisotopic (exact) mass is 224 g/mol. The lowest BCUT2D eigenvalue weighted by Gasteiger charge is -2.11. The zero-order chi connectivity index (χ0) is 8.69. The molecule has 1 atom stereocenters. The summed E-state index contributed by atoms with van der Waals surface area (Å²) in [6, 6.07) is 0. The first-order chi connectivity index (χ1) is 5.26. The van der Waals surface area contributed by atoms with Gasteiger partial charge in [-0.15, -0.1) is 0 Å². The minimum absolute atomic E-state index is 0.300. The summed E-state index contributed by atoms with van der Waals surface area (Å²) >= 11 is 3.16. The van der Waals surface area contributed by atoms with Gasteiger partial charge in [-0.1, -0.05) is 15.9 Å². The predicted molar refractivity (Wildman–Crippen MR) is 45.8 cm³/mol. The Kier molecular flexibility index (Phi) is 6.56. The van der Waals surface area contributed by atoms with Crippen molar-refractivity contribution in [2.24, 2.45) is 0 Å². The molecule has 0 spiro atoms. The molecular weight excluding hydrogens is 212 g/mol. The lowest BCUT2D eigenvalue weighted by atomic mass is 10.4. The topological polar surface area (TPSA) is 35.5 Å². The lowest BCUT2D eigenvalue weighted by molar-refractivity contribution is -0.154. The fraction of sp³-hybridized carbons (Fsp3) is 0.857. The van der Waals surface area contributed by atoms with E-state index in [9.17, 15) is 4.79 Å². The van der Waals surface area contributed by atoms with Gasteiger partial charge in [0, 0.05) is 11.9 Å². The number of carbonyl (C=O) groups excluding carboxylic acids is 1. The van der Waals surface area contributed by atoms with Crippen LogP contribution in [-0.4, -0.2) is 30.6 Å². The maximum absolute atomic E-state index is 11.0. The molecule has 0 fully saturated rings. The van der Waals surface area contributed by atoms with Crippen molar-refractivity contribution >= 4 is 21.9 Å². The zero-order valence-electron chi connectivity index (χ0n) is 6.80. The fourth-order valence-corrected chi connectivity index (χ4v) is 1.06. The SMILES string of the molecule is CCOC(=O)C(CBr)OCC. The highest BCUT2D eigenvalue weighted by Gasteiger charge is 2.17.